The summed E-state index contributed by atoms with van der Waals surface area (Å²) in [7, 11) is 0. The van der Waals surface area contributed by atoms with E-state index in [0.29, 0.717) is 6.04 Å². The number of nitrogens with one attached hydrogen (secondary N) is 1. The second kappa shape index (κ2) is 4.71. The van der Waals surface area contributed by atoms with Crippen molar-refractivity contribution >= 4 is 0 Å². The quantitative estimate of drug-likeness (QED) is 0.819. The van der Waals surface area contributed by atoms with E-state index in [1.807, 2.05) is 0 Å². The highest BCUT2D eigenvalue weighted by Crippen LogP contribution is 2.58. The number of hydrogen-bond acceptors (Lipinski definition) is 3. The lowest BCUT2D eigenvalue weighted by atomic mass is 9.79. The molecule has 19 heavy (non-hydrogen) atoms. The molecule has 2 N–H and O–H groups in total. The van der Waals surface area contributed by atoms with Gasteiger partial charge in [0.15, 0.2) is 0 Å². The van der Waals surface area contributed by atoms with E-state index in [-0.39, 0.29) is 0 Å². The molecule has 5 unspecified atom stereocenters. The van der Waals surface area contributed by atoms with Crippen LogP contribution in [0.5, 0.6) is 0 Å². The predicted molar refractivity (Wildman–Crippen MR) is 73.8 cm³/mol. The standard InChI is InChI=1S/C16H27NO2/c18-16(4-6-19-7-5-16)10-17-15-9-11-8-14(15)13-3-1-2-12(11)13/h11-15,17-18H,1-10H2. The van der Waals surface area contributed by atoms with Gasteiger partial charge in [0.2, 0.25) is 0 Å². The van der Waals surface area contributed by atoms with Gasteiger partial charge >= 0.3 is 0 Å². The van der Waals surface area contributed by atoms with Crippen LogP contribution >= 0.6 is 0 Å². The van der Waals surface area contributed by atoms with Gasteiger partial charge in [0.25, 0.3) is 0 Å². The maximum absolute atomic E-state index is 10.5. The average molecular weight is 265 g/mol. The Hall–Kier alpha value is -0.120. The molecule has 0 aromatic rings. The second-order valence-corrected chi connectivity index (χ2v) is 7.48. The van der Waals surface area contributed by atoms with Crippen molar-refractivity contribution in [3.8, 4) is 0 Å². The van der Waals surface area contributed by atoms with E-state index in [1.54, 1.807) is 0 Å². The van der Waals surface area contributed by atoms with Crippen molar-refractivity contribution in [1.29, 1.82) is 0 Å². The summed E-state index contributed by atoms with van der Waals surface area (Å²) in [4.78, 5) is 0. The fourth-order valence-corrected chi connectivity index (χ4v) is 5.55. The predicted octanol–water partition coefficient (Wildman–Crippen LogP) is 1.94. The van der Waals surface area contributed by atoms with Crippen molar-refractivity contribution in [2.45, 2.75) is 56.6 Å². The van der Waals surface area contributed by atoms with Crippen LogP contribution in [-0.2, 0) is 4.74 Å². The summed E-state index contributed by atoms with van der Waals surface area (Å²) in [5, 5.41) is 14.3. The molecule has 4 rings (SSSR count). The van der Waals surface area contributed by atoms with Crippen LogP contribution in [0.2, 0.25) is 0 Å². The Morgan fingerprint density at radius 1 is 1.05 bits per heavy atom. The molecule has 3 aliphatic carbocycles. The minimum absolute atomic E-state index is 0.505. The fraction of sp³-hybridized carbons (Fsp3) is 1.00. The van der Waals surface area contributed by atoms with E-state index in [1.165, 1.54) is 32.1 Å². The molecule has 3 heteroatoms. The van der Waals surface area contributed by atoms with Crippen molar-refractivity contribution in [3.63, 3.8) is 0 Å². The Balaban J connectivity index is 1.35. The van der Waals surface area contributed by atoms with Gasteiger partial charge in [-0.1, -0.05) is 6.42 Å². The molecular formula is C16H27NO2. The smallest absolute Gasteiger partial charge is 0.0815 e. The Bertz CT molecular complexity index is 340. The van der Waals surface area contributed by atoms with Crippen LogP contribution < -0.4 is 5.32 Å². The van der Waals surface area contributed by atoms with Crippen LogP contribution in [-0.4, -0.2) is 36.5 Å². The van der Waals surface area contributed by atoms with Crippen LogP contribution in [0, 0.1) is 23.7 Å². The highest BCUT2D eigenvalue weighted by molar-refractivity contribution is 5.06. The maximum Gasteiger partial charge on any atom is 0.0815 e. The van der Waals surface area contributed by atoms with Crippen molar-refractivity contribution < 1.29 is 9.84 Å². The third-order valence-corrected chi connectivity index (χ3v) is 6.55. The largest absolute Gasteiger partial charge is 0.388 e. The lowest BCUT2D eigenvalue weighted by molar-refractivity contribution is -0.0639. The zero-order valence-electron chi connectivity index (χ0n) is 11.8. The monoisotopic (exact) mass is 265 g/mol. The summed E-state index contributed by atoms with van der Waals surface area (Å²) in [6.07, 6.45) is 8.88. The molecular weight excluding hydrogens is 238 g/mol. The van der Waals surface area contributed by atoms with Gasteiger partial charge < -0.3 is 15.2 Å². The molecule has 0 aromatic heterocycles. The zero-order valence-corrected chi connectivity index (χ0v) is 11.8. The fourth-order valence-electron chi connectivity index (χ4n) is 5.55. The van der Waals surface area contributed by atoms with Gasteiger partial charge in [0.05, 0.1) is 5.60 Å². The second-order valence-electron chi connectivity index (χ2n) is 7.48. The third-order valence-electron chi connectivity index (χ3n) is 6.55. The molecule has 2 bridgehead atoms. The minimum Gasteiger partial charge on any atom is -0.388 e. The van der Waals surface area contributed by atoms with Crippen LogP contribution in [0.25, 0.3) is 0 Å². The molecule has 4 fully saturated rings. The zero-order chi connectivity index (χ0) is 12.9. The van der Waals surface area contributed by atoms with Gasteiger partial charge in [-0.15, -0.1) is 0 Å². The third kappa shape index (κ3) is 2.14. The Kier molecular flexibility index (Phi) is 3.13. The van der Waals surface area contributed by atoms with Gasteiger partial charge in [-0.25, -0.2) is 0 Å². The number of fused-ring (bicyclic) bond motifs is 5. The summed E-state index contributed by atoms with van der Waals surface area (Å²) in [6, 6.07) is 0.691. The van der Waals surface area contributed by atoms with Gasteiger partial charge in [-0.05, 0) is 49.4 Å². The van der Waals surface area contributed by atoms with E-state index in [9.17, 15) is 5.11 Å². The molecule has 3 saturated carbocycles. The first kappa shape index (κ1) is 12.6. The molecule has 0 amide bonds. The van der Waals surface area contributed by atoms with Crippen LogP contribution in [0.15, 0.2) is 0 Å². The lowest BCUT2D eigenvalue weighted by Gasteiger charge is -2.37. The molecule has 1 heterocycles. The summed E-state index contributed by atoms with van der Waals surface area (Å²) < 4.78 is 5.36. The molecule has 3 nitrogen and oxygen atoms in total. The molecule has 1 aliphatic heterocycles. The van der Waals surface area contributed by atoms with Crippen molar-refractivity contribution in [3.05, 3.63) is 0 Å². The average Bonchev–Trinajstić information content (AvgIpc) is 3.10. The minimum atomic E-state index is -0.505. The summed E-state index contributed by atoms with van der Waals surface area (Å²) in [5.74, 6) is 4.00. The molecule has 5 atom stereocenters. The molecule has 4 aliphatic rings. The molecule has 0 spiro atoms. The van der Waals surface area contributed by atoms with Crippen molar-refractivity contribution in [2.24, 2.45) is 23.7 Å². The Labute approximate surface area is 116 Å². The maximum atomic E-state index is 10.5. The summed E-state index contributed by atoms with van der Waals surface area (Å²) in [5.41, 5.74) is -0.505. The van der Waals surface area contributed by atoms with Gasteiger partial charge in [-0.3, -0.25) is 0 Å². The van der Waals surface area contributed by atoms with E-state index >= 15 is 0 Å². The summed E-state index contributed by atoms with van der Waals surface area (Å²) >= 11 is 0. The number of ether oxygens (including phenoxy) is 1. The van der Waals surface area contributed by atoms with Gasteiger partial charge in [-0.2, -0.15) is 0 Å². The first-order chi connectivity index (χ1) is 9.25. The molecule has 108 valence electrons. The molecule has 1 saturated heterocycles. The summed E-state index contributed by atoms with van der Waals surface area (Å²) in [6.45, 7) is 2.22. The molecule has 0 radical (unpaired) electrons. The normalized spacial score (nSPS) is 47.5. The van der Waals surface area contributed by atoms with Crippen molar-refractivity contribution in [1.82, 2.24) is 5.32 Å². The highest BCUT2D eigenvalue weighted by atomic mass is 16.5. The number of aliphatic hydroxyl groups is 1. The van der Waals surface area contributed by atoms with E-state index in [4.69, 9.17) is 4.74 Å². The topological polar surface area (TPSA) is 41.5 Å². The lowest BCUT2D eigenvalue weighted by Crippen LogP contribution is -2.50. The number of rotatable bonds is 3. The van der Waals surface area contributed by atoms with Crippen LogP contribution in [0.3, 0.4) is 0 Å². The molecule has 0 aromatic carbocycles. The Morgan fingerprint density at radius 2 is 1.84 bits per heavy atom. The van der Waals surface area contributed by atoms with E-state index in [0.717, 1.165) is 56.3 Å². The number of hydrogen-bond donors (Lipinski definition) is 2. The van der Waals surface area contributed by atoms with Crippen molar-refractivity contribution in [2.75, 3.05) is 19.8 Å². The van der Waals surface area contributed by atoms with Crippen LogP contribution in [0.4, 0.5) is 0 Å². The SMILES string of the molecule is OC1(CNC2CC3CC2C2CCCC32)CCOCC1. The van der Waals surface area contributed by atoms with Crippen LogP contribution in [0.1, 0.15) is 44.9 Å². The van der Waals surface area contributed by atoms with E-state index in [2.05, 4.69) is 5.32 Å². The van der Waals surface area contributed by atoms with Gasteiger partial charge in [0.1, 0.15) is 0 Å². The van der Waals surface area contributed by atoms with E-state index < -0.39 is 5.60 Å². The Morgan fingerprint density at radius 3 is 2.68 bits per heavy atom. The van der Waals surface area contributed by atoms with Gasteiger partial charge in [0, 0.05) is 38.6 Å². The first-order valence-corrected chi connectivity index (χ1v) is 8.29. The first-order valence-electron chi connectivity index (χ1n) is 8.29. The highest BCUT2D eigenvalue weighted by Gasteiger charge is 2.53.